The Bertz CT molecular complexity index is 1340. The van der Waals surface area contributed by atoms with Gasteiger partial charge in [-0.2, -0.15) is 0 Å². The largest absolute Gasteiger partial charge is 0.458 e. The number of carbonyl (C=O) groups is 1. The van der Waals surface area contributed by atoms with E-state index in [1.54, 1.807) is 17.6 Å². The SMILES string of the molecule is CC.Cc1c(F)cc2nc3c(c4c2c1CCC4)Cn1c-3cc2c(c1=O)COC(=O)[C@H]2O. The first kappa shape index (κ1) is 19.9. The Morgan fingerprint density at radius 1 is 1.13 bits per heavy atom. The Morgan fingerprint density at radius 3 is 2.65 bits per heavy atom. The molecule has 160 valence electrons. The maximum atomic E-state index is 14.5. The average molecular weight is 422 g/mol. The van der Waals surface area contributed by atoms with E-state index in [2.05, 4.69) is 0 Å². The molecule has 0 radical (unpaired) electrons. The predicted molar refractivity (Wildman–Crippen MR) is 113 cm³/mol. The maximum absolute atomic E-state index is 14.5. The fourth-order valence-electron chi connectivity index (χ4n) is 5.06. The average Bonchev–Trinajstić information content (AvgIpc) is 3.15. The number of cyclic esters (lactones) is 1. The molecule has 0 spiro atoms. The Hall–Kier alpha value is -3.06. The van der Waals surface area contributed by atoms with Gasteiger partial charge >= 0.3 is 5.97 Å². The quantitative estimate of drug-likeness (QED) is 0.439. The van der Waals surface area contributed by atoms with Crippen molar-refractivity contribution in [1.82, 2.24) is 9.55 Å². The number of rotatable bonds is 0. The van der Waals surface area contributed by atoms with Crippen LogP contribution in [0, 0.1) is 12.7 Å². The summed E-state index contributed by atoms with van der Waals surface area (Å²) in [6.07, 6.45) is 1.12. The van der Waals surface area contributed by atoms with E-state index in [-0.39, 0.29) is 23.5 Å². The summed E-state index contributed by atoms with van der Waals surface area (Å²) < 4.78 is 21.1. The molecule has 0 saturated carbocycles. The number of hydrogen-bond acceptors (Lipinski definition) is 5. The fourth-order valence-corrected chi connectivity index (χ4v) is 5.06. The molecular weight excluding hydrogens is 399 g/mol. The fraction of sp³-hybridized carbons (Fsp3) is 0.375. The number of aryl methyl sites for hydroxylation is 2. The molecule has 6 rings (SSSR count). The molecule has 0 saturated heterocycles. The molecule has 1 N–H and O–H groups in total. The van der Waals surface area contributed by atoms with Crippen molar-refractivity contribution < 1.29 is 19.0 Å². The van der Waals surface area contributed by atoms with Gasteiger partial charge in [0.1, 0.15) is 12.4 Å². The van der Waals surface area contributed by atoms with Gasteiger partial charge in [0.25, 0.3) is 5.56 Å². The van der Waals surface area contributed by atoms with Gasteiger partial charge in [0.2, 0.25) is 0 Å². The third-order valence-corrected chi connectivity index (χ3v) is 6.54. The summed E-state index contributed by atoms with van der Waals surface area (Å²) in [6.45, 7) is 6.05. The summed E-state index contributed by atoms with van der Waals surface area (Å²) in [5, 5.41) is 11.2. The van der Waals surface area contributed by atoms with Crippen LogP contribution in [0.4, 0.5) is 4.39 Å². The number of carbonyl (C=O) groups excluding carboxylic acids is 1. The van der Waals surface area contributed by atoms with Crippen LogP contribution < -0.4 is 5.56 Å². The van der Waals surface area contributed by atoms with E-state index in [0.29, 0.717) is 34.6 Å². The normalized spacial score (nSPS) is 18.0. The Kier molecular flexibility index (Phi) is 4.48. The maximum Gasteiger partial charge on any atom is 0.340 e. The monoisotopic (exact) mass is 422 g/mol. The zero-order valence-corrected chi connectivity index (χ0v) is 17.7. The first-order chi connectivity index (χ1) is 15.0. The van der Waals surface area contributed by atoms with Gasteiger partial charge in [-0.15, -0.1) is 0 Å². The van der Waals surface area contributed by atoms with Crippen LogP contribution in [0.25, 0.3) is 22.3 Å². The van der Waals surface area contributed by atoms with Gasteiger partial charge in [-0.3, -0.25) is 4.79 Å². The molecule has 31 heavy (non-hydrogen) atoms. The van der Waals surface area contributed by atoms with Crippen LogP contribution in [0.2, 0.25) is 0 Å². The number of aliphatic hydroxyl groups excluding tert-OH is 1. The lowest BCUT2D eigenvalue weighted by Crippen LogP contribution is -2.32. The highest BCUT2D eigenvalue weighted by molar-refractivity contribution is 5.92. The van der Waals surface area contributed by atoms with Gasteiger partial charge in [0.15, 0.2) is 6.10 Å². The number of ether oxygens (including phenoxy) is 1. The molecule has 2 aliphatic heterocycles. The Labute approximate surface area is 178 Å². The van der Waals surface area contributed by atoms with E-state index < -0.39 is 12.1 Å². The van der Waals surface area contributed by atoms with Gasteiger partial charge in [-0.25, -0.2) is 14.2 Å². The van der Waals surface area contributed by atoms with E-state index in [0.717, 1.165) is 41.3 Å². The van der Waals surface area contributed by atoms with Crippen LogP contribution in [0.1, 0.15) is 59.8 Å². The van der Waals surface area contributed by atoms with Gasteiger partial charge in [-0.05, 0) is 48.9 Å². The van der Waals surface area contributed by atoms with Gasteiger partial charge in [-0.1, -0.05) is 13.8 Å². The zero-order valence-electron chi connectivity index (χ0n) is 17.7. The number of benzene rings is 1. The number of nitrogens with zero attached hydrogens (tertiary/aromatic N) is 2. The molecule has 7 heteroatoms. The number of esters is 1. The number of aromatic nitrogens is 2. The van der Waals surface area contributed by atoms with Crippen molar-refractivity contribution in [3.05, 3.63) is 61.7 Å². The minimum absolute atomic E-state index is 0.141. The number of hydrogen-bond donors (Lipinski definition) is 1. The van der Waals surface area contributed by atoms with Crippen LogP contribution in [0.5, 0.6) is 0 Å². The van der Waals surface area contributed by atoms with Crippen LogP contribution in [-0.4, -0.2) is 20.6 Å². The van der Waals surface area contributed by atoms with Crippen LogP contribution in [0.15, 0.2) is 16.9 Å². The van der Waals surface area contributed by atoms with Gasteiger partial charge in [0, 0.05) is 22.6 Å². The topological polar surface area (TPSA) is 81.4 Å². The highest BCUT2D eigenvalue weighted by Crippen LogP contribution is 2.41. The highest BCUT2D eigenvalue weighted by Gasteiger charge is 2.35. The molecular formula is C24H23FN2O4. The van der Waals surface area contributed by atoms with Crippen molar-refractivity contribution in [2.24, 2.45) is 0 Å². The molecule has 0 fully saturated rings. The third-order valence-electron chi connectivity index (χ3n) is 6.54. The van der Waals surface area contributed by atoms with E-state index in [1.807, 2.05) is 13.8 Å². The molecule has 1 atom stereocenters. The number of halogens is 1. The molecule has 1 aromatic carbocycles. The van der Waals surface area contributed by atoms with E-state index >= 15 is 0 Å². The summed E-state index contributed by atoms with van der Waals surface area (Å²) in [5.74, 6) is -1.03. The second-order valence-electron chi connectivity index (χ2n) is 7.99. The lowest BCUT2D eigenvalue weighted by Gasteiger charge is -2.22. The molecule has 1 aliphatic carbocycles. The molecule has 2 aromatic heterocycles. The number of pyridine rings is 2. The summed E-state index contributed by atoms with van der Waals surface area (Å²) in [6, 6.07) is 3.13. The van der Waals surface area contributed by atoms with Crippen LogP contribution in [-0.2, 0) is 35.5 Å². The first-order valence-electron chi connectivity index (χ1n) is 10.7. The lowest BCUT2D eigenvalue weighted by molar-refractivity contribution is -0.157. The van der Waals surface area contributed by atoms with Crippen molar-refractivity contribution in [2.45, 2.75) is 59.3 Å². The van der Waals surface area contributed by atoms with Gasteiger partial charge in [0.05, 0.1) is 29.0 Å². The second kappa shape index (κ2) is 6.99. The molecule has 0 bridgehead atoms. The smallest absolute Gasteiger partial charge is 0.340 e. The predicted octanol–water partition coefficient (Wildman–Crippen LogP) is 3.48. The summed E-state index contributed by atoms with van der Waals surface area (Å²) in [4.78, 5) is 29.6. The Morgan fingerprint density at radius 2 is 1.87 bits per heavy atom. The van der Waals surface area contributed by atoms with Crippen LogP contribution >= 0.6 is 0 Å². The van der Waals surface area contributed by atoms with Crippen molar-refractivity contribution in [3.8, 4) is 11.4 Å². The molecule has 4 heterocycles. The highest BCUT2D eigenvalue weighted by atomic mass is 19.1. The Balaban J connectivity index is 0.000000994. The number of fused-ring (bicyclic) bond motifs is 5. The third kappa shape index (κ3) is 2.62. The van der Waals surface area contributed by atoms with Crippen LogP contribution in [0.3, 0.4) is 0 Å². The summed E-state index contributed by atoms with van der Waals surface area (Å²) in [5.41, 5.74) is 5.86. The van der Waals surface area contributed by atoms with Crippen molar-refractivity contribution >= 4 is 16.9 Å². The van der Waals surface area contributed by atoms with Gasteiger partial charge < -0.3 is 14.4 Å². The van der Waals surface area contributed by atoms with E-state index in [1.165, 1.54) is 6.07 Å². The van der Waals surface area contributed by atoms with Crippen molar-refractivity contribution in [3.63, 3.8) is 0 Å². The first-order valence-corrected chi connectivity index (χ1v) is 10.7. The summed E-state index contributed by atoms with van der Waals surface area (Å²) >= 11 is 0. The lowest BCUT2D eigenvalue weighted by atomic mass is 9.85. The molecule has 6 nitrogen and oxygen atoms in total. The van der Waals surface area contributed by atoms with Crippen molar-refractivity contribution in [2.75, 3.05) is 0 Å². The molecule has 0 unspecified atom stereocenters. The minimum Gasteiger partial charge on any atom is -0.458 e. The number of aliphatic hydroxyl groups is 1. The van der Waals surface area contributed by atoms with E-state index in [9.17, 15) is 19.1 Å². The molecule has 0 amide bonds. The molecule has 3 aromatic rings. The zero-order chi connectivity index (χ0) is 22.0. The summed E-state index contributed by atoms with van der Waals surface area (Å²) in [7, 11) is 0. The minimum atomic E-state index is -1.48. The van der Waals surface area contributed by atoms with E-state index in [4.69, 9.17) is 9.72 Å². The second-order valence-corrected chi connectivity index (χ2v) is 7.99. The standard InChI is InChI=1S/C22H17FN2O4.C2H6/c1-9-10-3-2-4-11-13-7-25-17(19(13)24-16(18(10)11)6-15(9)23)5-12-14(21(25)27)8-29-22(28)20(12)26;1-2/h5-6,20,26H,2-4,7-8H2,1H3;1-2H3/t20-;/m0./s1. The molecule has 3 aliphatic rings. The van der Waals surface area contributed by atoms with Crippen molar-refractivity contribution in [1.29, 1.82) is 0 Å².